The van der Waals surface area contributed by atoms with Gasteiger partial charge in [-0.2, -0.15) is 0 Å². The number of aliphatic hydroxyl groups excluding tert-OH is 1. The lowest BCUT2D eigenvalue weighted by atomic mass is 9.97. The molecular weight excluding hydrogens is 168 g/mol. The first-order valence-electron chi connectivity index (χ1n) is 4.65. The Balaban J connectivity index is 2.25. The first kappa shape index (κ1) is 10.3. The Hall–Kier alpha value is -0.770. The zero-order valence-corrected chi connectivity index (χ0v) is 7.93. The molecule has 1 heterocycles. The number of aliphatic hydroxyl groups is 1. The van der Waals surface area contributed by atoms with E-state index in [1.807, 2.05) is 6.92 Å². The molecule has 1 aliphatic heterocycles. The number of hydrogen-bond donors (Lipinski definition) is 1. The van der Waals surface area contributed by atoms with E-state index < -0.39 is 0 Å². The second-order valence-electron chi connectivity index (χ2n) is 3.59. The van der Waals surface area contributed by atoms with Gasteiger partial charge in [0, 0.05) is 31.1 Å². The van der Waals surface area contributed by atoms with E-state index in [0.717, 1.165) is 26.1 Å². The van der Waals surface area contributed by atoms with Gasteiger partial charge in [-0.05, 0) is 17.9 Å². The van der Waals surface area contributed by atoms with E-state index in [0.29, 0.717) is 12.5 Å². The maximum absolute atomic E-state index is 9.46. The highest BCUT2D eigenvalue weighted by molar-refractivity contribution is 4.77. The standard InChI is InChI=1S/C8H16N4O/c1-7-6-12(4-2-8(7)13)5-3-10-11-9/h7-8,13H,2-6H2,1H3/t7-,8+/m1/s1. The Morgan fingerprint density at radius 2 is 2.46 bits per heavy atom. The SMILES string of the molecule is C[C@@H]1CN(CCN=[N+]=[N-])CC[C@@H]1O. The molecule has 0 spiro atoms. The molecule has 0 saturated carbocycles. The molecule has 0 unspecified atom stereocenters. The maximum atomic E-state index is 9.46. The maximum Gasteiger partial charge on any atom is 0.0590 e. The van der Waals surface area contributed by atoms with Gasteiger partial charge in [-0.15, -0.1) is 0 Å². The molecule has 1 fully saturated rings. The average molecular weight is 184 g/mol. The van der Waals surface area contributed by atoms with Gasteiger partial charge in [-0.3, -0.25) is 0 Å². The average Bonchev–Trinajstić information content (AvgIpc) is 2.12. The highest BCUT2D eigenvalue weighted by Gasteiger charge is 2.23. The fraction of sp³-hybridized carbons (Fsp3) is 1.00. The van der Waals surface area contributed by atoms with Crippen molar-refractivity contribution in [1.29, 1.82) is 0 Å². The second-order valence-corrected chi connectivity index (χ2v) is 3.59. The van der Waals surface area contributed by atoms with E-state index in [1.54, 1.807) is 0 Å². The Morgan fingerprint density at radius 1 is 1.69 bits per heavy atom. The molecule has 5 nitrogen and oxygen atoms in total. The number of piperidine rings is 1. The van der Waals surface area contributed by atoms with Gasteiger partial charge in [-0.25, -0.2) is 0 Å². The molecule has 0 aliphatic carbocycles. The first-order chi connectivity index (χ1) is 6.24. The second kappa shape index (κ2) is 5.07. The predicted octanol–water partition coefficient (Wildman–Crippen LogP) is 0.999. The summed E-state index contributed by atoms with van der Waals surface area (Å²) in [5.74, 6) is 0.333. The normalized spacial score (nSPS) is 29.7. The van der Waals surface area contributed by atoms with Crippen molar-refractivity contribution in [3.05, 3.63) is 10.4 Å². The monoisotopic (exact) mass is 184 g/mol. The lowest BCUT2D eigenvalue weighted by Gasteiger charge is -2.33. The summed E-state index contributed by atoms with van der Waals surface area (Å²) < 4.78 is 0. The molecule has 0 amide bonds. The highest BCUT2D eigenvalue weighted by atomic mass is 16.3. The summed E-state index contributed by atoms with van der Waals surface area (Å²) in [5.41, 5.74) is 8.09. The van der Waals surface area contributed by atoms with Crippen LogP contribution in [-0.4, -0.2) is 42.3 Å². The molecule has 1 N–H and O–H groups in total. The lowest BCUT2D eigenvalue weighted by molar-refractivity contribution is 0.0364. The van der Waals surface area contributed by atoms with Crippen LogP contribution >= 0.6 is 0 Å². The van der Waals surface area contributed by atoms with Crippen molar-refractivity contribution >= 4 is 0 Å². The Labute approximate surface area is 78.0 Å². The van der Waals surface area contributed by atoms with Crippen molar-refractivity contribution in [1.82, 2.24) is 4.90 Å². The van der Waals surface area contributed by atoms with Crippen LogP contribution in [0, 0.1) is 5.92 Å². The van der Waals surface area contributed by atoms with E-state index in [4.69, 9.17) is 5.53 Å². The van der Waals surface area contributed by atoms with Crippen LogP contribution in [0.25, 0.3) is 10.4 Å². The molecule has 13 heavy (non-hydrogen) atoms. The minimum absolute atomic E-state index is 0.157. The molecule has 0 bridgehead atoms. The van der Waals surface area contributed by atoms with Crippen LogP contribution in [0.15, 0.2) is 5.11 Å². The third kappa shape index (κ3) is 3.22. The van der Waals surface area contributed by atoms with E-state index in [9.17, 15) is 5.11 Å². The summed E-state index contributed by atoms with van der Waals surface area (Å²) in [5, 5.41) is 12.9. The Bertz CT molecular complexity index is 202. The van der Waals surface area contributed by atoms with Crippen molar-refractivity contribution in [2.45, 2.75) is 19.4 Å². The minimum atomic E-state index is -0.157. The third-order valence-corrected chi connectivity index (χ3v) is 2.52. The molecular formula is C8H16N4O. The summed E-state index contributed by atoms with van der Waals surface area (Å²) in [7, 11) is 0. The lowest BCUT2D eigenvalue weighted by Crippen LogP contribution is -2.42. The quantitative estimate of drug-likeness (QED) is 0.403. The number of azide groups is 1. The summed E-state index contributed by atoms with van der Waals surface area (Å²) in [6, 6.07) is 0. The van der Waals surface area contributed by atoms with Crippen LogP contribution in [0.3, 0.4) is 0 Å². The fourth-order valence-electron chi connectivity index (χ4n) is 1.65. The topological polar surface area (TPSA) is 72.2 Å². The molecule has 0 aromatic rings. The number of rotatable bonds is 3. The molecule has 0 aromatic carbocycles. The molecule has 2 atom stereocenters. The van der Waals surface area contributed by atoms with Crippen LogP contribution in [-0.2, 0) is 0 Å². The van der Waals surface area contributed by atoms with E-state index in [-0.39, 0.29) is 6.10 Å². The van der Waals surface area contributed by atoms with Gasteiger partial charge >= 0.3 is 0 Å². The first-order valence-corrected chi connectivity index (χ1v) is 4.65. The van der Waals surface area contributed by atoms with Crippen LogP contribution in [0.5, 0.6) is 0 Å². The van der Waals surface area contributed by atoms with Crippen LogP contribution in [0.1, 0.15) is 13.3 Å². The van der Waals surface area contributed by atoms with E-state index in [1.165, 1.54) is 0 Å². The number of nitrogens with zero attached hydrogens (tertiary/aromatic N) is 4. The van der Waals surface area contributed by atoms with Gasteiger partial charge in [-0.1, -0.05) is 12.0 Å². The van der Waals surface area contributed by atoms with Crippen molar-refractivity contribution in [2.24, 2.45) is 11.0 Å². The van der Waals surface area contributed by atoms with Gasteiger partial charge < -0.3 is 10.0 Å². The molecule has 0 radical (unpaired) electrons. The van der Waals surface area contributed by atoms with Crippen molar-refractivity contribution in [2.75, 3.05) is 26.2 Å². The van der Waals surface area contributed by atoms with E-state index in [2.05, 4.69) is 14.9 Å². The minimum Gasteiger partial charge on any atom is -0.393 e. The van der Waals surface area contributed by atoms with Crippen molar-refractivity contribution in [3.8, 4) is 0 Å². The summed E-state index contributed by atoms with van der Waals surface area (Å²) in [4.78, 5) is 4.93. The van der Waals surface area contributed by atoms with Crippen molar-refractivity contribution < 1.29 is 5.11 Å². The number of hydrogen-bond acceptors (Lipinski definition) is 3. The Morgan fingerprint density at radius 3 is 3.08 bits per heavy atom. The highest BCUT2D eigenvalue weighted by Crippen LogP contribution is 2.15. The van der Waals surface area contributed by atoms with E-state index >= 15 is 0 Å². The van der Waals surface area contributed by atoms with Crippen LogP contribution in [0.4, 0.5) is 0 Å². The molecule has 1 aliphatic rings. The van der Waals surface area contributed by atoms with Gasteiger partial charge in [0.05, 0.1) is 6.10 Å². The van der Waals surface area contributed by atoms with Gasteiger partial charge in [0.15, 0.2) is 0 Å². The molecule has 74 valence electrons. The molecule has 5 heteroatoms. The molecule has 1 saturated heterocycles. The summed E-state index contributed by atoms with van der Waals surface area (Å²) in [6.45, 7) is 5.19. The molecule has 1 rings (SSSR count). The zero-order valence-electron chi connectivity index (χ0n) is 7.93. The zero-order chi connectivity index (χ0) is 9.68. The predicted molar refractivity (Wildman–Crippen MR) is 50.2 cm³/mol. The third-order valence-electron chi connectivity index (χ3n) is 2.52. The smallest absolute Gasteiger partial charge is 0.0590 e. The van der Waals surface area contributed by atoms with Crippen LogP contribution < -0.4 is 0 Å². The van der Waals surface area contributed by atoms with Crippen LogP contribution in [0.2, 0.25) is 0 Å². The fourth-order valence-corrected chi connectivity index (χ4v) is 1.65. The summed E-state index contributed by atoms with van der Waals surface area (Å²) >= 11 is 0. The van der Waals surface area contributed by atoms with Gasteiger partial charge in [0.2, 0.25) is 0 Å². The largest absolute Gasteiger partial charge is 0.393 e. The number of likely N-dealkylation sites (tertiary alicyclic amines) is 1. The van der Waals surface area contributed by atoms with Gasteiger partial charge in [0.25, 0.3) is 0 Å². The van der Waals surface area contributed by atoms with Gasteiger partial charge in [0.1, 0.15) is 0 Å². The van der Waals surface area contributed by atoms with Crippen molar-refractivity contribution in [3.63, 3.8) is 0 Å². The summed E-state index contributed by atoms with van der Waals surface area (Å²) in [6.07, 6.45) is 0.674. The molecule has 0 aromatic heterocycles. The Kier molecular flexibility index (Phi) is 4.02.